The van der Waals surface area contributed by atoms with Crippen molar-refractivity contribution in [3.63, 3.8) is 0 Å². The third-order valence-corrected chi connectivity index (χ3v) is 0.860. The molecule has 0 aromatic carbocycles. The Morgan fingerprint density at radius 3 is 2.56 bits per heavy atom. The third kappa shape index (κ3) is 1.48. The second kappa shape index (κ2) is 2.13. The van der Waals surface area contributed by atoms with Crippen LogP contribution in [0.1, 0.15) is 0 Å². The van der Waals surface area contributed by atoms with E-state index in [9.17, 15) is 13.3 Å². The van der Waals surface area contributed by atoms with Gasteiger partial charge in [-0.2, -0.15) is 0 Å². The summed E-state index contributed by atoms with van der Waals surface area (Å²) >= 11 is 0. The monoisotopic (exact) mass is 135 g/mol. The van der Waals surface area contributed by atoms with Crippen molar-refractivity contribution >= 4 is 0 Å². The molecule has 0 aromatic heterocycles. The van der Waals surface area contributed by atoms with Crippen molar-refractivity contribution in [2.75, 3.05) is 6.54 Å². The first-order chi connectivity index (χ1) is 4.18. The molecular formula is C5H4F3N. The number of nitrogens with zero attached hydrogens (tertiary/aromatic N) is 1. The molecule has 0 fully saturated rings. The first-order valence-corrected chi connectivity index (χ1v) is 2.34. The highest BCUT2D eigenvalue weighted by Crippen LogP contribution is 2.14. The van der Waals surface area contributed by atoms with Crippen molar-refractivity contribution in [1.82, 2.24) is 5.12 Å². The smallest absolute Gasteiger partial charge is 0.144 e. The summed E-state index contributed by atoms with van der Waals surface area (Å²) in [6, 6.07) is 0. The summed E-state index contributed by atoms with van der Waals surface area (Å²) in [5.74, 6) is -1.71. The second-order valence-electron chi connectivity index (χ2n) is 1.66. The van der Waals surface area contributed by atoms with Crippen LogP contribution in [0.3, 0.4) is 0 Å². The Bertz CT molecular complexity index is 173. The molecule has 0 unspecified atom stereocenters. The Morgan fingerprint density at radius 1 is 1.44 bits per heavy atom. The van der Waals surface area contributed by atoms with Crippen LogP contribution >= 0.6 is 0 Å². The van der Waals surface area contributed by atoms with Crippen LogP contribution in [-0.4, -0.2) is 11.7 Å². The van der Waals surface area contributed by atoms with Crippen LogP contribution in [0, 0.1) is 0 Å². The summed E-state index contributed by atoms with van der Waals surface area (Å²) < 4.78 is 35.9. The van der Waals surface area contributed by atoms with Gasteiger partial charge in [-0.15, -0.1) is 4.48 Å². The van der Waals surface area contributed by atoms with Crippen molar-refractivity contribution in [3.05, 3.63) is 23.9 Å². The minimum Gasteiger partial charge on any atom is -0.210 e. The van der Waals surface area contributed by atoms with Crippen molar-refractivity contribution in [2.24, 2.45) is 0 Å². The van der Waals surface area contributed by atoms with Crippen LogP contribution in [0.25, 0.3) is 0 Å². The van der Waals surface area contributed by atoms with Gasteiger partial charge in [0.1, 0.15) is 18.2 Å². The van der Waals surface area contributed by atoms with Gasteiger partial charge in [-0.25, -0.2) is 13.9 Å². The van der Waals surface area contributed by atoms with Crippen molar-refractivity contribution < 1.29 is 13.3 Å². The molecule has 0 atom stereocenters. The van der Waals surface area contributed by atoms with E-state index in [1.54, 1.807) is 0 Å². The first kappa shape index (κ1) is 6.19. The topological polar surface area (TPSA) is 3.24 Å². The van der Waals surface area contributed by atoms with Crippen LogP contribution in [0.15, 0.2) is 23.9 Å². The van der Waals surface area contributed by atoms with Crippen LogP contribution < -0.4 is 0 Å². The summed E-state index contributed by atoms with van der Waals surface area (Å²) in [7, 11) is 0. The van der Waals surface area contributed by atoms with E-state index in [-0.39, 0.29) is 5.12 Å². The fourth-order valence-corrected chi connectivity index (χ4v) is 0.556. The minimum absolute atomic E-state index is 0.0509. The molecule has 0 amide bonds. The maximum absolute atomic E-state index is 12.0. The van der Waals surface area contributed by atoms with Gasteiger partial charge in [-0.1, -0.05) is 0 Å². The molecule has 50 valence electrons. The van der Waals surface area contributed by atoms with Crippen LogP contribution in [0.4, 0.5) is 13.3 Å². The van der Waals surface area contributed by atoms with E-state index in [0.717, 1.165) is 0 Å². The fourth-order valence-electron chi connectivity index (χ4n) is 0.556. The van der Waals surface area contributed by atoms with E-state index < -0.39 is 18.2 Å². The molecule has 1 rings (SSSR count). The van der Waals surface area contributed by atoms with E-state index in [1.165, 1.54) is 0 Å². The van der Waals surface area contributed by atoms with Crippen LogP contribution in [-0.2, 0) is 0 Å². The highest BCUT2D eigenvalue weighted by atomic mass is 19.2. The molecule has 1 heterocycles. The molecule has 0 saturated carbocycles. The van der Waals surface area contributed by atoms with Gasteiger partial charge in [0, 0.05) is 6.08 Å². The van der Waals surface area contributed by atoms with E-state index >= 15 is 0 Å². The van der Waals surface area contributed by atoms with Crippen LogP contribution in [0.5, 0.6) is 0 Å². The lowest BCUT2D eigenvalue weighted by molar-refractivity contribution is 0.0887. The van der Waals surface area contributed by atoms with Crippen molar-refractivity contribution in [3.8, 4) is 0 Å². The predicted octanol–water partition coefficient (Wildman–Crippen LogP) is 1.85. The summed E-state index contributed by atoms with van der Waals surface area (Å²) in [4.78, 5) is 0. The Labute approximate surface area is 50.0 Å². The lowest BCUT2D eigenvalue weighted by Gasteiger charge is -2.09. The normalized spacial score (nSPS) is 19.2. The van der Waals surface area contributed by atoms with E-state index in [1.807, 2.05) is 0 Å². The van der Waals surface area contributed by atoms with Gasteiger partial charge in [-0.05, 0) is 0 Å². The molecule has 0 radical (unpaired) electrons. The van der Waals surface area contributed by atoms with E-state index in [2.05, 4.69) is 0 Å². The number of halogens is 3. The molecular weight excluding hydrogens is 131 g/mol. The largest absolute Gasteiger partial charge is 0.210 e. The van der Waals surface area contributed by atoms with Gasteiger partial charge in [0.25, 0.3) is 0 Å². The number of rotatable bonds is 0. The molecule has 0 spiro atoms. The standard InChI is InChI=1S/C5H4F3N/c6-4-1-5(7)3-9(8)2-4/h1-2H,3H2. The third-order valence-electron chi connectivity index (χ3n) is 0.860. The number of allylic oxidation sites excluding steroid dienone is 2. The van der Waals surface area contributed by atoms with Crippen molar-refractivity contribution in [2.45, 2.75) is 0 Å². The Balaban J connectivity index is 2.74. The van der Waals surface area contributed by atoms with E-state index in [4.69, 9.17) is 0 Å². The predicted molar refractivity (Wildman–Crippen MR) is 26.2 cm³/mol. The van der Waals surface area contributed by atoms with Gasteiger partial charge >= 0.3 is 0 Å². The molecule has 0 bridgehead atoms. The fraction of sp³-hybridized carbons (Fsp3) is 0.200. The summed E-state index contributed by atoms with van der Waals surface area (Å²) in [5, 5.41) is -0.0509. The lowest BCUT2D eigenvalue weighted by atomic mass is 10.3. The Hall–Kier alpha value is -0.930. The summed E-state index contributed by atoms with van der Waals surface area (Å²) in [6.45, 7) is -0.493. The molecule has 0 aliphatic carbocycles. The average Bonchev–Trinajstić information content (AvgIpc) is 1.59. The molecule has 9 heavy (non-hydrogen) atoms. The highest BCUT2D eigenvalue weighted by Gasteiger charge is 2.09. The zero-order chi connectivity index (χ0) is 6.85. The van der Waals surface area contributed by atoms with Crippen LogP contribution in [0.2, 0.25) is 0 Å². The second-order valence-corrected chi connectivity index (χ2v) is 1.66. The number of hydrogen-bond acceptors (Lipinski definition) is 1. The quantitative estimate of drug-likeness (QED) is 0.458. The minimum atomic E-state index is -0.902. The SMILES string of the molecule is FC1=CN(F)CC(F)=C1. The van der Waals surface area contributed by atoms with Gasteiger partial charge in [0.05, 0.1) is 6.20 Å². The molecule has 4 heteroatoms. The molecule has 0 N–H and O–H groups in total. The molecule has 1 aliphatic rings. The van der Waals surface area contributed by atoms with Crippen molar-refractivity contribution in [1.29, 1.82) is 0 Å². The highest BCUT2D eigenvalue weighted by molar-refractivity contribution is 5.18. The summed E-state index contributed by atoms with van der Waals surface area (Å²) in [6.07, 6.45) is 1.24. The lowest BCUT2D eigenvalue weighted by Crippen LogP contribution is -2.11. The maximum atomic E-state index is 12.0. The zero-order valence-corrected chi connectivity index (χ0v) is 4.44. The maximum Gasteiger partial charge on any atom is 0.144 e. The Kier molecular flexibility index (Phi) is 1.46. The molecule has 1 aliphatic heterocycles. The molecule has 1 nitrogen and oxygen atoms in total. The molecule has 0 saturated heterocycles. The van der Waals surface area contributed by atoms with Gasteiger partial charge in [-0.3, -0.25) is 0 Å². The summed E-state index contributed by atoms with van der Waals surface area (Å²) in [5.41, 5.74) is 0. The van der Waals surface area contributed by atoms with Gasteiger partial charge in [0.2, 0.25) is 0 Å². The number of hydrogen-bond donors (Lipinski definition) is 0. The van der Waals surface area contributed by atoms with E-state index in [0.29, 0.717) is 12.3 Å². The van der Waals surface area contributed by atoms with Gasteiger partial charge < -0.3 is 0 Å². The van der Waals surface area contributed by atoms with Gasteiger partial charge in [0.15, 0.2) is 0 Å². The first-order valence-electron chi connectivity index (χ1n) is 2.34. The Morgan fingerprint density at radius 2 is 2.11 bits per heavy atom. The average molecular weight is 135 g/mol. The molecule has 0 aromatic rings. The zero-order valence-electron chi connectivity index (χ0n) is 4.44.